The molecule has 9 heteroatoms. The molecule has 0 saturated carbocycles. The van der Waals surface area contributed by atoms with Crippen molar-refractivity contribution in [3.8, 4) is 0 Å². The lowest BCUT2D eigenvalue weighted by Crippen LogP contribution is -2.50. The third kappa shape index (κ3) is 4.41. The highest BCUT2D eigenvalue weighted by Gasteiger charge is 2.33. The molecule has 3 rings (SSSR count). The highest BCUT2D eigenvalue weighted by Crippen LogP contribution is 2.32. The monoisotopic (exact) mass is 446 g/mol. The zero-order chi connectivity index (χ0) is 19.6. The molecule has 2 aromatic rings. The van der Waals surface area contributed by atoms with Gasteiger partial charge in [0.1, 0.15) is 4.90 Å². The van der Waals surface area contributed by atoms with Crippen molar-refractivity contribution < 1.29 is 13.2 Å². The minimum Gasteiger partial charge on any atom is -0.340 e. The molecule has 1 heterocycles. The van der Waals surface area contributed by atoms with Crippen molar-refractivity contribution in [2.75, 3.05) is 26.2 Å². The van der Waals surface area contributed by atoms with E-state index in [4.69, 9.17) is 34.8 Å². The first-order chi connectivity index (χ1) is 12.8. The van der Waals surface area contributed by atoms with Gasteiger partial charge in [0.05, 0.1) is 16.5 Å². The number of rotatable bonds is 4. The number of halogens is 3. The number of hydrogen-bond donors (Lipinski definition) is 0. The summed E-state index contributed by atoms with van der Waals surface area (Å²) in [6.07, 6.45) is 0.183. The van der Waals surface area contributed by atoms with Crippen LogP contribution < -0.4 is 0 Å². The molecule has 0 atom stereocenters. The fourth-order valence-corrected chi connectivity index (χ4v) is 5.67. The highest BCUT2D eigenvalue weighted by molar-refractivity contribution is 7.89. The molecule has 1 saturated heterocycles. The van der Waals surface area contributed by atoms with Crippen LogP contribution >= 0.6 is 34.8 Å². The van der Waals surface area contributed by atoms with Gasteiger partial charge in [0.15, 0.2) is 0 Å². The summed E-state index contributed by atoms with van der Waals surface area (Å²) in [6, 6.07) is 11.7. The van der Waals surface area contributed by atoms with Gasteiger partial charge in [-0.3, -0.25) is 4.79 Å². The second-order valence-corrected chi connectivity index (χ2v) is 9.20. The second-order valence-electron chi connectivity index (χ2n) is 6.10. The zero-order valence-corrected chi connectivity index (χ0v) is 17.3. The average molecular weight is 448 g/mol. The van der Waals surface area contributed by atoms with Crippen LogP contribution in [-0.2, 0) is 21.2 Å². The van der Waals surface area contributed by atoms with E-state index >= 15 is 0 Å². The molecule has 1 amide bonds. The normalized spacial score (nSPS) is 15.7. The Balaban J connectivity index is 1.68. The molecular weight excluding hydrogens is 431 g/mol. The maximum atomic E-state index is 12.9. The zero-order valence-electron chi connectivity index (χ0n) is 14.2. The number of carbonyl (C=O) groups is 1. The van der Waals surface area contributed by atoms with E-state index in [0.29, 0.717) is 18.1 Å². The molecule has 0 unspecified atom stereocenters. The maximum Gasteiger partial charge on any atom is 0.246 e. The van der Waals surface area contributed by atoms with Gasteiger partial charge in [-0.25, -0.2) is 8.42 Å². The lowest BCUT2D eigenvalue weighted by Gasteiger charge is -2.34. The third-order valence-corrected chi connectivity index (χ3v) is 7.63. The molecule has 1 fully saturated rings. The molecule has 2 aromatic carbocycles. The van der Waals surface area contributed by atoms with E-state index in [-0.39, 0.29) is 40.4 Å². The molecule has 0 aliphatic carbocycles. The Kier molecular flexibility index (Phi) is 6.33. The van der Waals surface area contributed by atoms with Gasteiger partial charge in [-0.2, -0.15) is 4.31 Å². The van der Waals surface area contributed by atoms with E-state index < -0.39 is 10.0 Å². The molecule has 0 aromatic heterocycles. The average Bonchev–Trinajstić information content (AvgIpc) is 2.63. The van der Waals surface area contributed by atoms with Gasteiger partial charge in [-0.1, -0.05) is 59.1 Å². The predicted molar refractivity (Wildman–Crippen MR) is 107 cm³/mol. The fraction of sp³-hybridized carbons (Fsp3) is 0.278. The Hall–Kier alpha value is -1.31. The summed E-state index contributed by atoms with van der Waals surface area (Å²) in [5.74, 6) is -0.0871. The molecule has 0 N–H and O–H groups in total. The Morgan fingerprint density at radius 2 is 1.41 bits per heavy atom. The summed E-state index contributed by atoms with van der Waals surface area (Å²) in [5.41, 5.74) is 0.752. The third-order valence-electron chi connectivity index (χ3n) is 4.41. The maximum absolute atomic E-state index is 12.9. The molecule has 1 aliphatic heterocycles. The van der Waals surface area contributed by atoms with Crippen LogP contribution in [-0.4, -0.2) is 49.7 Å². The second kappa shape index (κ2) is 8.37. The van der Waals surface area contributed by atoms with Gasteiger partial charge in [0.2, 0.25) is 15.9 Å². The predicted octanol–water partition coefficient (Wildman–Crippen LogP) is 3.72. The van der Waals surface area contributed by atoms with Crippen molar-refractivity contribution >= 4 is 50.7 Å². The first kappa shape index (κ1) is 20.4. The van der Waals surface area contributed by atoms with Crippen LogP contribution in [0.15, 0.2) is 47.4 Å². The van der Waals surface area contributed by atoms with Crippen LogP contribution in [0.2, 0.25) is 15.1 Å². The van der Waals surface area contributed by atoms with E-state index in [2.05, 4.69) is 0 Å². The minimum atomic E-state index is -3.83. The van der Waals surface area contributed by atoms with Crippen molar-refractivity contribution in [1.29, 1.82) is 0 Å². The van der Waals surface area contributed by atoms with E-state index in [0.717, 1.165) is 5.56 Å². The summed E-state index contributed by atoms with van der Waals surface area (Å²) < 4.78 is 27.1. The van der Waals surface area contributed by atoms with Crippen molar-refractivity contribution in [1.82, 2.24) is 9.21 Å². The van der Waals surface area contributed by atoms with Crippen LogP contribution in [0.4, 0.5) is 0 Å². The van der Waals surface area contributed by atoms with Crippen molar-refractivity contribution in [2.24, 2.45) is 0 Å². The van der Waals surface area contributed by atoms with E-state index in [9.17, 15) is 13.2 Å². The summed E-state index contributed by atoms with van der Waals surface area (Å²) in [6.45, 7) is 0.950. The first-order valence-electron chi connectivity index (χ1n) is 8.26. The summed E-state index contributed by atoms with van der Waals surface area (Å²) >= 11 is 18.2. The number of piperazine rings is 1. The van der Waals surface area contributed by atoms with Crippen LogP contribution in [0.3, 0.4) is 0 Å². The van der Waals surface area contributed by atoms with Gasteiger partial charge < -0.3 is 4.90 Å². The van der Waals surface area contributed by atoms with Crippen molar-refractivity contribution in [3.63, 3.8) is 0 Å². The van der Waals surface area contributed by atoms with Gasteiger partial charge in [-0.05, 0) is 23.8 Å². The van der Waals surface area contributed by atoms with Crippen LogP contribution in [0.5, 0.6) is 0 Å². The smallest absolute Gasteiger partial charge is 0.246 e. The van der Waals surface area contributed by atoms with E-state index in [1.54, 1.807) is 29.2 Å². The number of amides is 1. The first-order valence-corrected chi connectivity index (χ1v) is 10.8. The number of hydrogen-bond acceptors (Lipinski definition) is 3. The number of benzene rings is 2. The lowest BCUT2D eigenvalue weighted by atomic mass is 10.1. The number of nitrogens with zero attached hydrogens (tertiary/aromatic N) is 2. The fourth-order valence-electron chi connectivity index (χ4n) is 2.95. The van der Waals surface area contributed by atoms with E-state index in [1.165, 1.54) is 16.4 Å². The van der Waals surface area contributed by atoms with Crippen molar-refractivity contribution in [3.05, 3.63) is 63.1 Å². The Morgan fingerprint density at radius 1 is 0.852 bits per heavy atom. The topological polar surface area (TPSA) is 57.7 Å². The number of carbonyl (C=O) groups excluding carboxylic acids is 1. The summed E-state index contributed by atoms with van der Waals surface area (Å²) in [5, 5.41) is 0.708. The van der Waals surface area contributed by atoms with E-state index in [1.807, 2.05) is 6.07 Å². The molecule has 5 nitrogen and oxygen atoms in total. The number of sulfonamides is 1. The molecule has 27 heavy (non-hydrogen) atoms. The highest BCUT2D eigenvalue weighted by atomic mass is 35.5. The summed E-state index contributed by atoms with van der Waals surface area (Å²) in [7, 11) is -3.83. The standard InChI is InChI=1S/C18H17Cl3N2O3S/c19-14-5-2-1-4-13(14)12-17(24)22-8-10-23(11-9-22)27(25,26)18-15(20)6-3-7-16(18)21/h1-7H,8-12H2. The van der Waals surface area contributed by atoms with Crippen molar-refractivity contribution in [2.45, 2.75) is 11.3 Å². The van der Waals surface area contributed by atoms with Crippen LogP contribution in [0.25, 0.3) is 0 Å². The molecule has 144 valence electrons. The Bertz CT molecular complexity index is 938. The van der Waals surface area contributed by atoms with Gasteiger partial charge in [0, 0.05) is 31.2 Å². The largest absolute Gasteiger partial charge is 0.340 e. The minimum absolute atomic E-state index is 0.0831. The molecule has 1 aliphatic rings. The SMILES string of the molecule is O=C(Cc1ccccc1Cl)N1CCN(S(=O)(=O)c2c(Cl)cccc2Cl)CC1. The molecule has 0 radical (unpaired) electrons. The quantitative estimate of drug-likeness (QED) is 0.718. The van der Waals surface area contributed by atoms with Gasteiger partial charge in [-0.15, -0.1) is 0 Å². The van der Waals surface area contributed by atoms with Gasteiger partial charge >= 0.3 is 0 Å². The molecule has 0 bridgehead atoms. The Labute approximate surface area is 173 Å². The summed E-state index contributed by atoms with van der Waals surface area (Å²) in [4.78, 5) is 14.1. The van der Waals surface area contributed by atoms with Gasteiger partial charge in [0.25, 0.3) is 0 Å². The lowest BCUT2D eigenvalue weighted by molar-refractivity contribution is -0.131. The Morgan fingerprint density at radius 3 is 2.00 bits per heavy atom. The molecule has 0 spiro atoms. The van der Waals surface area contributed by atoms with Crippen LogP contribution in [0.1, 0.15) is 5.56 Å². The van der Waals surface area contributed by atoms with Crippen LogP contribution in [0, 0.1) is 0 Å². The molecular formula is C18H17Cl3N2O3S.